The van der Waals surface area contributed by atoms with Crippen LogP contribution < -0.4 is 0 Å². The van der Waals surface area contributed by atoms with Crippen molar-refractivity contribution in [3.05, 3.63) is 188 Å². The molecule has 0 aliphatic rings. The fourth-order valence-electron chi connectivity index (χ4n) is 7.74. The van der Waals surface area contributed by atoms with Crippen molar-refractivity contribution in [3.63, 3.8) is 0 Å². The first-order valence-electron chi connectivity index (χ1n) is 18.7. The van der Waals surface area contributed by atoms with Gasteiger partial charge in [-0.15, -0.1) is 0 Å². The summed E-state index contributed by atoms with van der Waals surface area (Å²) in [7, 11) is 0. The summed E-state index contributed by atoms with van der Waals surface area (Å²) < 4.78 is 13.1. The molecule has 0 saturated heterocycles. The first-order chi connectivity index (χ1) is 27.7. The van der Waals surface area contributed by atoms with Gasteiger partial charge in [-0.1, -0.05) is 140 Å². The first kappa shape index (κ1) is 31.9. The lowest BCUT2D eigenvalue weighted by Crippen LogP contribution is -2.00. The van der Waals surface area contributed by atoms with Crippen LogP contribution in [0.5, 0.6) is 0 Å². The molecule has 8 aromatic carbocycles. The molecule has 0 fully saturated rings. The lowest BCUT2D eigenvalue weighted by atomic mass is 9.93. The van der Waals surface area contributed by atoms with Crippen molar-refractivity contribution in [2.45, 2.75) is 0 Å². The average Bonchev–Trinajstić information content (AvgIpc) is 3.84. The van der Waals surface area contributed by atoms with Gasteiger partial charge in [-0.2, -0.15) is 0 Å². The molecule has 5 heteroatoms. The minimum Gasteiger partial charge on any atom is -0.456 e. The van der Waals surface area contributed by atoms with E-state index in [1.165, 1.54) is 5.56 Å². The van der Waals surface area contributed by atoms with Gasteiger partial charge in [-0.05, 0) is 76.3 Å². The molecule has 11 aromatic rings. The summed E-state index contributed by atoms with van der Waals surface area (Å²) in [5.41, 5.74) is 12.7. The molecule has 0 spiro atoms. The number of para-hydroxylation sites is 1. The quantitative estimate of drug-likeness (QED) is 0.171. The van der Waals surface area contributed by atoms with E-state index in [-0.39, 0.29) is 0 Å². The predicted octanol–water partition coefficient (Wildman–Crippen LogP) is 13.7. The van der Waals surface area contributed by atoms with E-state index in [9.17, 15) is 0 Å². The van der Waals surface area contributed by atoms with Crippen LogP contribution >= 0.6 is 0 Å². The molecule has 56 heavy (non-hydrogen) atoms. The topological polar surface area (TPSA) is 65.0 Å². The second kappa shape index (κ2) is 13.0. The van der Waals surface area contributed by atoms with E-state index >= 15 is 0 Å². The lowest BCUT2D eigenvalue weighted by Gasteiger charge is -2.10. The molecule has 0 unspecified atom stereocenters. The van der Waals surface area contributed by atoms with Gasteiger partial charge in [0.2, 0.25) is 0 Å². The second-order valence-corrected chi connectivity index (χ2v) is 14.0. The van der Waals surface area contributed by atoms with Crippen LogP contribution in [0.3, 0.4) is 0 Å². The highest BCUT2D eigenvalue weighted by atomic mass is 16.3. The molecule has 0 radical (unpaired) electrons. The molecule has 11 rings (SSSR count). The van der Waals surface area contributed by atoms with Gasteiger partial charge in [-0.25, -0.2) is 15.0 Å². The van der Waals surface area contributed by atoms with Crippen LogP contribution in [-0.2, 0) is 0 Å². The third-order valence-electron chi connectivity index (χ3n) is 10.5. The predicted molar refractivity (Wildman–Crippen MR) is 227 cm³/mol. The maximum atomic E-state index is 6.57. The first-order valence-corrected chi connectivity index (χ1v) is 18.7. The summed E-state index contributed by atoms with van der Waals surface area (Å²) in [5.74, 6) is 1.83. The Bertz CT molecular complexity index is 3180. The van der Waals surface area contributed by atoms with Crippen molar-refractivity contribution in [2.24, 2.45) is 0 Å². The Kier molecular flexibility index (Phi) is 7.42. The Labute approximate surface area is 322 Å². The standard InChI is InChI=1S/C51H31N3O2/c1-4-13-32(14-5-1)35-19-12-20-37(27-35)42-29-39(30-44-40-21-10-11-22-45(40)56-48(42)44)36-24-26-46-43(28-36)41-25-23-38(31-47(41)55-46)51-53-49(33-15-6-2-7-16-33)52-50(54-51)34-17-8-3-9-18-34/h1-31H. The van der Waals surface area contributed by atoms with Crippen molar-refractivity contribution in [3.8, 4) is 67.5 Å². The third kappa shape index (κ3) is 5.53. The van der Waals surface area contributed by atoms with E-state index in [1.807, 2.05) is 84.9 Å². The van der Waals surface area contributed by atoms with Gasteiger partial charge in [0.1, 0.15) is 22.3 Å². The average molecular weight is 718 g/mol. The monoisotopic (exact) mass is 717 g/mol. The molecule has 0 aliphatic heterocycles. The minimum atomic E-state index is 0.588. The van der Waals surface area contributed by atoms with Crippen LogP contribution in [0.1, 0.15) is 0 Å². The fourth-order valence-corrected chi connectivity index (χ4v) is 7.74. The molecule has 0 saturated carbocycles. The van der Waals surface area contributed by atoms with E-state index in [2.05, 4.69) is 103 Å². The number of furan rings is 2. The van der Waals surface area contributed by atoms with E-state index in [0.29, 0.717) is 17.5 Å². The Balaban J connectivity index is 1.04. The Morgan fingerprint density at radius 2 is 0.804 bits per heavy atom. The molecule has 5 nitrogen and oxygen atoms in total. The number of benzene rings is 8. The van der Waals surface area contributed by atoms with Gasteiger partial charge in [0, 0.05) is 43.8 Å². The summed E-state index contributed by atoms with van der Waals surface area (Å²) in [6.45, 7) is 0. The molecule has 262 valence electrons. The molecule has 0 aliphatic carbocycles. The fraction of sp³-hybridized carbons (Fsp3) is 0. The Hall–Kier alpha value is -7.63. The van der Waals surface area contributed by atoms with Crippen molar-refractivity contribution in [1.82, 2.24) is 15.0 Å². The van der Waals surface area contributed by atoms with Crippen LogP contribution in [-0.4, -0.2) is 15.0 Å². The molecule has 0 amide bonds. The summed E-state index contributed by atoms with van der Waals surface area (Å²) >= 11 is 0. The van der Waals surface area contributed by atoms with Crippen LogP contribution in [0, 0.1) is 0 Å². The van der Waals surface area contributed by atoms with Crippen LogP contribution in [0.25, 0.3) is 111 Å². The number of hydrogen-bond donors (Lipinski definition) is 0. The van der Waals surface area contributed by atoms with Gasteiger partial charge in [0.15, 0.2) is 17.5 Å². The summed E-state index contributed by atoms with van der Waals surface area (Å²) in [4.78, 5) is 14.7. The Morgan fingerprint density at radius 3 is 1.54 bits per heavy atom. The van der Waals surface area contributed by atoms with Crippen molar-refractivity contribution < 1.29 is 8.83 Å². The molecule has 3 aromatic heterocycles. The number of nitrogens with zero attached hydrogens (tertiary/aromatic N) is 3. The highest BCUT2D eigenvalue weighted by Crippen LogP contribution is 2.42. The molecular weight excluding hydrogens is 687 g/mol. The number of fused-ring (bicyclic) bond motifs is 6. The molecule has 3 heterocycles. The van der Waals surface area contributed by atoms with Gasteiger partial charge in [-0.3, -0.25) is 0 Å². The zero-order valence-corrected chi connectivity index (χ0v) is 30.1. The zero-order chi connectivity index (χ0) is 37.0. The SMILES string of the molecule is c1ccc(-c2cccc(-c3cc(-c4ccc5oc6cc(-c7nc(-c8ccccc8)nc(-c8ccccc8)n7)ccc6c5c4)cc4c3oc3ccccc34)c2)cc1. The normalized spacial score (nSPS) is 11.6. The molecule has 0 N–H and O–H groups in total. The zero-order valence-electron chi connectivity index (χ0n) is 30.1. The van der Waals surface area contributed by atoms with Crippen LogP contribution in [0.15, 0.2) is 197 Å². The van der Waals surface area contributed by atoms with E-state index < -0.39 is 0 Å². The molecular formula is C51H31N3O2. The lowest BCUT2D eigenvalue weighted by molar-refractivity contribution is 0.669. The van der Waals surface area contributed by atoms with E-state index in [1.54, 1.807) is 0 Å². The van der Waals surface area contributed by atoms with Gasteiger partial charge < -0.3 is 8.83 Å². The van der Waals surface area contributed by atoms with Crippen molar-refractivity contribution >= 4 is 43.9 Å². The third-order valence-corrected chi connectivity index (χ3v) is 10.5. The summed E-state index contributed by atoms with van der Waals surface area (Å²) in [6.07, 6.45) is 0. The molecule has 0 bridgehead atoms. The second-order valence-electron chi connectivity index (χ2n) is 14.0. The maximum absolute atomic E-state index is 6.57. The van der Waals surface area contributed by atoms with Gasteiger partial charge >= 0.3 is 0 Å². The summed E-state index contributed by atoms with van der Waals surface area (Å²) in [6, 6.07) is 64.7. The highest BCUT2D eigenvalue weighted by molar-refractivity contribution is 6.12. The van der Waals surface area contributed by atoms with Crippen molar-refractivity contribution in [2.75, 3.05) is 0 Å². The van der Waals surface area contributed by atoms with E-state index in [0.717, 1.165) is 88.4 Å². The largest absolute Gasteiger partial charge is 0.456 e. The minimum absolute atomic E-state index is 0.588. The van der Waals surface area contributed by atoms with Gasteiger partial charge in [0.25, 0.3) is 0 Å². The maximum Gasteiger partial charge on any atom is 0.164 e. The molecule has 0 atom stereocenters. The summed E-state index contributed by atoms with van der Waals surface area (Å²) in [5, 5.41) is 4.25. The van der Waals surface area contributed by atoms with Crippen LogP contribution in [0.4, 0.5) is 0 Å². The Morgan fingerprint density at radius 1 is 0.268 bits per heavy atom. The van der Waals surface area contributed by atoms with Gasteiger partial charge in [0.05, 0.1) is 0 Å². The number of aromatic nitrogens is 3. The van der Waals surface area contributed by atoms with Crippen molar-refractivity contribution in [1.29, 1.82) is 0 Å². The smallest absolute Gasteiger partial charge is 0.164 e. The van der Waals surface area contributed by atoms with Crippen LogP contribution in [0.2, 0.25) is 0 Å². The highest BCUT2D eigenvalue weighted by Gasteiger charge is 2.18. The number of rotatable bonds is 6. The van der Waals surface area contributed by atoms with E-state index in [4.69, 9.17) is 23.8 Å². The number of hydrogen-bond acceptors (Lipinski definition) is 5.